The van der Waals surface area contributed by atoms with Crippen LogP contribution in [0.5, 0.6) is 0 Å². The summed E-state index contributed by atoms with van der Waals surface area (Å²) >= 11 is 0. The summed E-state index contributed by atoms with van der Waals surface area (Å²) in [6, 6.07) is 15.2. The number of anilines is 3. The summed E-state index contributed by atoms with van der Waals surface area (Å²) in [6.45, 7) is 2.75. The van der Waals surface area contributed by atoms with Crippen LogP contribution in [0.15, 0.2) is 52.9 Å². The zero-order valence-electron chi connectivity index (χ0n) is 13.5. The molecule has 2 amide bonds. The zero-order valence-corrected chi connectivity index (χ0v) is 13.5. The topological polar surface area (TPSA) is 79.2 Å². The fourth-order valence-electron chi connectivity index (χ4n) is 2.28. The summed E-state index contributed by atoms with van der Waals surface area (Å²) in [4.78, 5) is 16.2. The van der Waals surface area contributed by atoms with E-state index in [1.807, 2.05) is 48.5 Å². The molecular formula is C18H20N4O2. The van der Waals surface area contributed by atoms with Gasteiger partial charge in [0.05, 0.1) is 0 Å². The highest BCUT2D eigenvalue weighted by atomic mass is 16.4. The van der Waals surface area contributed by atoms with Gasteiger partial charge in [-0.15, -0.1) is 0 Å². The van der Waals surface area contributed by atoms with Crippen molar-refractivity contribution in [1.82, 2.24) is 10.3 Å². The van der Waals surface area contributed by atoms with E-state index in [9.17, 15) is 4.79 Å². The van der Waals surface area contributed by atoms with Crippen molar-refractivity contribution in [3.05, 3.63) is 48.5 Å². The average molecular weight is 324 g/mol. The van der Waals surface area contributed by atoms with Crippen molar-refractivity contribution in [2.45, 2.75) is 19.8 Å². The second-order valence-corrected chi connectivity index (χ2v) is 5.43. The van der Waals surface area contributed by atoms with Gasteiger partial charge in [0.2, 0.25) is 0 Å². The molecule has 0 saturated heterocycles. The molecule has 0 saturated carbocycles. The molecular weight excluding hydrogens is 304 g/mol. The summed E-state index contributed by atoms with van der Waals surface area (Å²) in [7, 11) is 0. The number of oxazole rings is 1. The first-order chi connectivity index (χ1) is 11.7. The summed E-state index contributed by atoms with van der Waals surface area (Å²) in [5.41, 5.74) is 3.01. The number of unbranched alkanes of at least 4 members (excludes halogenated alkanes) is 1. The van der Waals surface area contributed by atoms with Crippen LogP contribution in [0.1, 0.15) is 19.8 Å². The lowest BCUT2D eigenvalue weighted by Crippen LogP contribution is -2.29. The Bertz CT molecular complexity index is 796. The summed E-state index contributed by atoms with van der Waals surface area (Å²) in [5.74, 6) is 0. The monoisotopic (exact) mass is 324 g/mol. The molecule has 1 heterocycles. The third-order valence-electron chi connectivity index (χ3n) is 3.48. The Kier molecular flexibility index (Phi) is 4.96. The number of amides is 2. The smallest absolute Gasteiger partial charge is 0.319 e. The van der Waals surface area contributed by atoms with Gasteiger partial charge in [-0.2, -0.15) is 4.98 Å². The maximum Gasteiger partial charge on any atom is 0.319 e. The normalized spacial score (nSPS) is 10.5. The van der Waals surface area contributed by atoms with Gasteiger partial charge in [-0.05, 0) is 36.8 Å². The number of hydrogen-bond donors (Lipinski definition) is 3. The molecule has 0 bridgehead atoms. The van der Waals surface area contributed by atoms with Crippen LogP contribution in [0, 0.1) is 0 Å². The molecule has 3 N–H and O–H groups in total. The fraction of sp³-hybridized carbons (Fsp3) is 0.222. The number of aromatic nitrogens is 1. The standard InChI is InChI=1S/C18H20N4O2/c1-2-3-11-19-17(23)20-13-7-6-8-14(12-13)21-18-22-15-9-4-5-10-16(15)24-18/h4-10,12H,2-3,11H2,1H3,(H,21,22)(H2,19,20,23). The highest BCUT2D eigenvalue weighted by Gasteiger charge is 2.06. The minimum absolute atomic E-state index is 0.206. The van der Waals surface area contributed by atoms with Gasteiger partial charge in [0, 0.05) is 17.9 Å². The molecule has 0 aliphatic heterocycles. The van der Waals surface area contributed by atoms with Crippen molar-refractivity contribution in [2.24, 2.45) is 0 Å². The summed E-state index contributed by atoms with van der Waals surface area (Å²) in [5, 5.41) is 8.74. The maximum atomic E-state index is 11.8. The number of nitrogens with one attached hydrogen (secondary N) is 3. The quantitative estimate of drug-likeness (QED) is 0.584. The maximum absolute atomic E-state index is 11.8. The van der Waals surface area contributed by atoms with Gasteiger partial charge < -0.3 is 20.4 Å². The van der Waals surface area contributed by atoms with E-state index in [0.717, 1.165) is 29.6 Å². The third-order valence-corrected chi connectivity index (χ3v) is 3.48. The van der Waals surface area contributed by atoms with Gasteiger partial charge in [0.25, 0.3) is 6.01 Å². The second-order valence-electron chi connectivity index (χ2n) is 5.43. The van der Waals surface area contributed by atoms with Crippen molar-refractivity contribution in [1.29, 1.82) is 0 Å². The Labute approximate surface area is 140 Å². The van der Waals surface area contributed by atoms with Crippen LogP contribution in [0.3, 0.4) is 0 Å². The molecule has 0 fully saturated rings. The lowest BCUT2D eigenvalue weighted by molar-refractivity contribution is 0.252. The lowest BCUT2D eigenvalue weighted by Gasteiger charge is -2.08. The van der Waals surface area contributed by atoms with Crippen molar-refractivity contribution in [3.63, 3.8) is 0 Å². The van der Waals surface area contributed by atoms with Crippen LogP contribution in [-0.2, 0) is 0 Å². The number of carbonyl (C=O) groups excluding carboxylic acids is 1. The van der Waals surface area contributed by atoms with E-state index in [0.29, 0.717) is 18.2 Å². The second kappa shape index (κ2) is 7.50. The summed E-state index contributed by atoms with van der Waals surface area (Å²) < 4.78 is 5.64. The first kappa shape index (κ1) is 15.9. The number of rotatable bonds is 6. The molecule has 24 heavy (non-hydrogen) atoms. The lowest BCUT2D eigenvalue weighted by atomic mass is 10.3. The van der Waals surface area contributed by atoms with Crippen molar-refractivity contribution in [2.75, 3.05) is 17.2 Å². The van der Waals surface area contributed by atoms with Gasteiger partial charge in [0.15, 0.2) is 5.58 Å². The van der Waals surface area contributed by atoms with Gasteiger partial charge in [0.1, 0.15) is 5.52 Å². The first-order valence-corrected chi connectivity index (χ1v) is 8.02. The van der Waals surface area contributed by atoms with E-state index >= 15 is 0 Å². The Hall–Kier alpha value is -3.02. The van der Waals surface area contributed by atoms with Crippen molar-refractivity contribution >= 4 is 34.5 Å². The van der Waals surface area contributed by atoms with Crippen LogP contribution in [0.25, 0.3) is 11.1 Å². The minimum atomic E-state index is -0.206. The van der Waals surface area contributed by atoms with Gasteiger partial charge in [-0.3, -0.25) is 0 Å². The van der Waals surface area contributed by atoms with Gasteiger partial charge >= 0.3 is 6.03 Å². The van der Waals surface area contributed by atoms with Crippen LogP contribution >= 0.6 is 0 Å². The SMILES string of the molecule is CCCCNC(=O)Nc1cccc(Nc2nc3ccccc3o2)c1. The van der Waals surface area contributed by atoms with E-state index in [-0.39, 0.29) is 6.03 Å². The average Bonchev–Trinajstić information content (AvgIpc) is 2.97. The number of fused-ring (bicyclic) bond motifs is 1. The molecule has 0 spiro atoms. The largest absolute Gasteiger partial charge is 0.423 e. The number of carbonyl (C=O) groups is 1. The molecule has 0 aliphatic rings. The molecule has 0 unspecified atom stereocenters. The third kappa shape index (κ3) is 4.04. The molecule has 6 heteroatoms. The Morgan fingerprint density at radius 2 is 1.96 bits per heavy atom. The van der Waals surface area contributed by atoms with E-state index in [4.69, 9.17) is 4.42 Å². The molecule has 2 aromatic carbocycles. The van der Waals surface area contributed by atoms with E-state index in [2.05, 4.69) is 27.9 Å². The Balaban J connectivity index is 1.65. The first-order valence-electron chi connectivity index (χ1n) is 8.02. The number of nitrogens with zero attached hydrogens (tertiary/aromatic N) is 1. The van der Waals surface area contributed by atoms with Crippen molar-refractivity contribution < 1.29 is 9.21 Å². The van der Waals surface area contributed by atoms with Crippen molar-refractivity contribution in [3.8, 4) is 0 Å². The number of hydrogen-bond acceptors (Lipinski definition) is 4. The fourth-order valence-corrected chi connectivity index (χ4v) is 2.28. The number of benzene rings is 2. The highest BCUT2D eigenvalue weighted by molar-refractivity contribution is 5.89. The molecule has 6 nitrogen and oxygen atoms in total. The predicted molar refractivity (Wildman–Crippen MR) is 95.7 cm³/mol. The van der Waals surface area contributed by atoms with Gasteiger partial charge in [-0.25, -0.2) is 4.79 Å². The van der Waals surface area contributed by atoms with Crippen LogP contribution < -0.4 is 16.0 Å². The van der Waals surface area contributed by atoms with Crippen LogP contribution in [0.4, 0.5) is 22.2 Å². The predicted octanol–water partition coefficient (Wildman–Crippen LogP) is 4.49. The Morgan fingerprint density at radius 3 is 2.79 bits per heavy atom. The molecule has 3 aromatic rings. The Morgan fingerprint density at radius 1 is 1.12 bits per heavy atom. The highest BCUT2D eigenvalue weighted by Crippen LogP contribution is 2.23. The van der Waals surface area contributed by atoms with Gasteiger partial charge in [-0.1, -0.05) is 31.5 Å². The van der Waals surface area contributed by atoms with E-state index in [1.54, 1.807) is 0 Å². The number of para-hydroxylation sites is 2. The molecule has 0 radical (unpaired) electrons. The zero-order chi connectivity index (χ0) is 16.8. The summed E-state index contributed by atoms with van der Waals surface area (Å²) in [6.07, 6.45) is 2.01. The molecule has 0 atom stereocenters. The molecule has 124 valence electrons. The number of urea groups is 1. The van der Waals surface area contributed by atoms with Crippen LogP contribution in [0.2, 0.25) is 0 Å². The molecule has 3 rings (SSSR count). The molecule has 1 aromatic heterocycles. The minimum Gasteiger partial charge on any atom is -0.423 e. The van der Waals surface area contributed by atoms with Crippen LogP contribution in [-0.4, -0.2) is 17.6 Å². The van der Waals surface area contributed by atoms with E-state index < -0.39 is 0 Å². The van der Waals surface area contributed by atoms with E-state index in [1.165, 1.54) is 0 Å². The molecule has 0 aliphatic carbocycles.